The van der Waals surface area contributed by atoms with E-state index < -0.39 is 5.97 Å². The van der Waals surface area contributed by atoms with E-state index in [1.54, 1.807) is 48.5 Å². The number of hydrogen-bond acceptors (Lipinski definition) is 5. The van der Waals surface area contributed by atoms with Crippen molar-refractivity contribution >= 4 is 34.6 Å². The number of benzene rings is 3. The summed E-state index contributed by atoms with van der Waals surface area (Å²) in [6.07, 6.45) is 0. The summed E-state index contributed by atoms with van der Waals surface area (Å²) >= 11 is 0. The lowest BCUT2D eigenvalue weighted by molar-refractivity contribution is 0.0697. The number of nitrogen functional groups attached to an aromatic ring is 1. The largest absolute Gasteiger partial charge is 0.478 e. The summed E-state index contributed by atoms with van der Waals surface area (Å²) in [5.74, 6) is -1.76. The predicted molar refractivity (Wildman–Crippen MR) is 101 cm³/mol. The molecule has 0 amide bonds. The fourth-order valence-corrected chi connectivity index (χ4v) is 3.28. The summed E-state index contributed by atoms with van der Waals surface area (Å²) in [7, 11) is 0. The molecule has 27 heavy (non-hydrogen) atoms. The van der Waals surface area contributed by atoms with Crippen LogP contribution in [0.5, 0.6) is 0 Å². The number of carbonyl (C=O) groups excluding carboxylic acids is 2. The number of fused-ring (bicyclic) bond motifs is 2. The van der Waals surface area contributed by atoms with E-state index in [-0.39, 0.29) is 33.9 Å². The Balaban J connectivity index is 1.90. The monoisotopic (exact) mass is 358 g/mol. The summed E-state index contributed by atoms with van der Waals surface area (Å²) in [5.41, 5.74) is 7.80. The van der Waals surface area contributed by atoms with Crippen LogP contribution in [-0.4, -0.2) is 22.6 Å². The molecule has 6 nitrogen and oxygen atoms in total. The topological polar surface area (TPSA) is 109 Å². The van der Waals surface area contributed by atoms with Gasteiger partial charge in [0.1, 0.15) is 0 Å². The molecule has 3 aromatic carbocycles. The zero-order valence-electron chi connectivity index (χ0n) is 14.0. The number of carboxylic acid groups (broad SMARTS) is 1. The van der Waals surface area contributed by atoms with Gasteiger partial charge in [-0.05, 0) is 24.3 Å². The second-order valence-electron chi connectivity index (χ2n) is 6.13. The van der Waals surface area contributed by atoms with Gasteiger partial charge in [0.25, 0.3) is 0 Å². The molecule has 0 saturated carbocycles. The molecule has 0 heterocycles. The maximum Gasteiger partial charge on any atom is 0.337 e. The Morgan fingerprint density at radius 1 is 0.778 bits per heavy atom. The van der Waals surface area contributed by atoms with E-state index in [1.165, 1.54) is 12.1 Å². The maximum absolute atomic E-state index is 13.1. The SMILES string of the molecule is Nc1ccc(Nc2ccccc2C(=O)O)c2c1C(=O)c1ccccc1C2=O. The molecular formula is C21H14N2O4. The number of anilines is 3. The van der Waals surface area contributed by atoms with Gasteiger partial charge in [-0.15, -0.1) is 0 Å². The molecule has 1 aliphatic carbocycles. The highest BCUT2D eigenvalue weighted by molar-refractivity contribution is 6.31. The zero-order valence-corrected chi connectivity index (χ0v) is 14.0. The van der Waals surface area contributed by atoms with Crippen LogP contribution >= 0.6 is 0 Å². The van der Waals surface area contributed by atoms with E-state index in [4.69, 9.17) is 5.73 Å². The summed E-state index contributed by atoms with van der Waals surface area (Å²) in [6.45, 7) is 0. The fraction of sp³-hybridized carbons (Fsp3) is 0. The van der Waals surface area contributed by atoms with Gasteiger partial charge in [-0.3, -0.25) is 9.59 Å². The Morgan fingerprint density at radius 2 is 1.37 bits per heavy atom. The first-order valence-corrected chi connectivity index (χ1v) is 8.19. The molecule has 4 N–H and O–H groups in total. The first-order valence-electron chi connectivity index (χ1n) is 8.19. The van der Waals surface area contributed by atoms with Gasteiger partial charge in [0, 0.05) is 16.8 Å². The van der Waals surface area contributed by atoms with Crippen LogP contribution in [0.4, 0.5) is 17.1 Å². The standard InChI is InChI=1S/C21H14N2O4/c22-14-9-10-16(23-15-8-4-3-7-13(15)21(26)27)18-17(14)19(24)11-5-1-2-6-12(11)20(18)25/h1-10,23H,22H2,(H,26,27). The smallest absolute Gasteiger partial charge is 0.337 e. The number of hydrogen-bond donors (Lipinski definition) is 3. The minimum Gasteiger partial charge on any atom is -0.478 e. The average molecular weight is 358 g/mol. The first kappa shape index (κ1) is 16.5. The number of para-hydroxylation sites is 1. The van der Waals surface area contributed by atoms with Gasteiger partial charge in [-0.25, -0.2) is 4.79 Å². The van der Waals surface area contributed by atoms with Crippen LogP contribution in [0.1, 0.15) is 42.2 Å². The molecule has 0 unspecified atom stereocenters. The van der Waals surface area contributed by atoms with Gasteiger partial charge >= 0.3 is 5.97 Å². The van der Waals surface area contributed by atoms with Crippen LogP contribution in [0.25, 0.3) is 0 Å². The molecule has 0 radical (unpaired) electrons. The van der Waals surface area contributed by atoms with Gasteiger partial charge in [0.2, 0.25) is 0 Å². The number of nitrogens with two attached hydrogens (primary N) is 1. The van der Waals surface area contributed by atoms with E-state index in [2.05, 4.69) is 5.32 Å². The van der Waals surface area contributed by atoms with E-state index in [9.17, 15) is 19.5 Å². The van der Waals surface area contributed by atoms with Crippen LogP contribution < -0.4 is 11.1 Å². The van der Waals surface area contributed by atoms with Crippen molar-refractivity contribution in [3.05, 3.63) is 88.5 Å². The minimum absolute atomic E-state index is 0.0538. The van der Waals surface area contributed by atoms with Gasteiger partial charge in [0.05, 0.1) is 28.1 Å². The maximum atomic E-state index is 13.1. The number of carbonyl (C=O) groups is 3. The lowest BCUT2D eigenvalue weighted by atomic mass is 9.82. The van der Waals surface area contributed by atoms with Crippen LogP contribution in [0.2, 0.25) is 0 Å². The Kier molecular flexibility index (Phi) is 3.74. The second-order valence-corrected chi connectivity index (χ2v) is 6.13. The van der Waals surface area contributed by atoms with E-state index in [0.717, 1.165) is 0 Å². The van der Waals surface area contributed by atoms with Crippen molar-refractivity contribution in [2.75, 3.05) is 11.1 Å². The fourth-order valence-electron chi connectivity index (χ4n) is 3.28. The molecule has 3 aromatic rings. The highest BCUT2D eigenvalue weighted by atomic mass is 16.4. The molecule has 0 bridgehead atoms. The van der Waals surface area contributed by atoms with Crippen LogP contribution in [0.15, 0.2) is 60.7 Å². The van der Waals surface area contributed by atoms with Crippen molar-refractivity contribution in [3.63, 3.8) is 0 Å². The van der Waals surface area contributed by atoms with E-state index >= 15 is 0 Å². The molecule has 4 rings (SSSR count). The number of aromatic carboxylic acids is 1. The number of carboxylic acids is 1. The predicted octanol–water partition coefficient (Wildman–Crippen LogP) is 3.49. The molecule has 0 spiro atoms. The van der Waals surface area contributed by atoms with Crippen molar-refractivity contribution in [1.29, 1.82) is 0 Å². The molecule has 132 valence electrons. The summed E-state index contributed by atoms with van der Waals surface area (Å²) in [4.78, 5) is 37.4. The van der Waals surface area contributed by atoms with Crippen molar-refractivity contribution in [2.24, 2.45) is 0 Å². The third-order valence-corrected chi connectivity index (χ3v) is 4.53. The Morgan fingerprint density at radius 3 is 2.04 bits per heavy atom. The highest BCUT2D eigenvalue weighted by Crippen LogP contribution is 2.36. The van der Waals surface area contributed by atoms with E-state index in [1.807, 2.05) is 0 Å². The minimum atomic E-state index is -1.10. The summed E-state index contributed by atoms with van der Waals surface area (Å²) in [6, 6.07) is 16.0. The summed E-state index contributed by atoms with van der Waals surface area (Å²) < 4.78 is 0. The van der Waals surface area contributed by atoms with Crippen molar-refractivity contribution < 1.29 is 19.5 Å². The average Bonchev–Trinajstić information content (AvgIpc) is 2.67. The Labute approximate surface area is 154 Å². The lowest BCUT2D eigenvalue weighted by Gasteiger charge is -2.22. The van der Waals surface area contributed by atoms with Crippen molar-refractivity contribution in [2.45, 2.75) is 0 Å². The lowest BCUT2D eigenvalue weighted by Crippen LogP contribution is -2.23. The zero-order chi connectivity index (χ0) is 19.1. The summed E-state index contributed by atoms with van der Waals surface area (Å²) in [5, 5.41) is 12.4. The highest BCUT2D eigenvalue weighted by Gasteiger charge is 2.33. The second kappa shape index (κ2) is 6.10. The van der Waals surface area contributed by atoms with Gasteiger partial charge in [-0.2, -0.15) is 0 Å². The van der Waals surface area contributed by atoms with Crippen LogP contribution in [-0.2, 0) is 0 Å². The molecule has 1 aliphatic rings. The molecular weight excluding hydrogens is 344 g/mol. The third kappa shape index (κ3) is 2.55. The Bertz CT molecular complexity index is 1130. The molecule has 0 aliphatic heterocycles. The quantitative estimate of drug-likeness (QED) is 0.484. The molecule has 0 fully saturated rings. The number of nitrogens with one attached hydrogen (secondary N) is 1. The van der Waals surface area contributed by atoms with Crippen molar-refractivity contribution in [3.8, 4) is 0 Å². The van der Waals surface area contributed by atoms with Crippen LogP contribution in [0.3, 0.4) is 0 Å². The molecule has 0 saturated heterocycles. The molecule has 0 aromatic heterocycles. The van der Waals surface area contributed by atoms with E-state index in [0.29, 0.717) is 22.5 Å². The third-order valence-electron chi connectivity index (χ3n) is 4.53. The first-order chi connectivity index (χ1) is 13.0. The Hall–Kier alpha value is -3.93. The van der Waals surface area contributed by atoms with Gasteiger partial charge < -0.3 is 16.2 Å². The number of ketones is 2. The molecule has 0 atom stereocenters. The molecule has 6 heteroatoms. The van der Waals surface area contributed by atoms with Gasteiger partial charge in [0.15, 0.2) is 11.6 Å². The van der Waals surface area contributed by atoms with Crippen LogP contribution in [0, 0.1) is 0 Å². The number of rotatable bonds is 3. The normalized spacial score (nSPS) is 12.3. The van der Waals surface area contributed by atoms with Gasteiger partial charge in [-0.1, -0.05) is 36.4 Å². The van der Waals surface area contributed by atoms with Crippen molar-refractivity contribution in [1.82, 2.24) is 0 Å².